The van der Waals surface area contributed by atoms with Gasteiger partial charge in [-0.25, -0.2) is 0 Å². The van der Waals surface area contributed by atoms with Gasteiger partial charge in [0.05, 0.1) is 6.07 Å². The van der Waals surface area contributed by atoms with Crippen molar-refractivity contribution < 1.29 is 0 Å². The summed E-state index contributed by atoms with van der Waals surface area (Å²) in [5.41, 5.74) is 6.94. The summed E-state index contributed by atoms with van der Waals surface area (Å²) in [6.07, 6.45) is 5.15. The van der Waals surface area contributed by atoms with Gasteiger partial charge in [0.25, 0.3) is 0 Å². The van der Waals surface area contributed by atoms with Crippen LogP contribution in [0.2, 0.25) is 0 Å². The van der Waals surface area contributed by atoms with Gasteiger partial charge in [-0.1, -0.05) is 48.5 Å². The van der Waals surface area contributed by atoms with E-state index in [1.165, 1.54) is 23.2 Å². The number of fused-ring (bicyclic) bond motifs is 2. The number of nitriles is 1. The third-order valence-corrected chi connectivity index (χ3v) is 5.31. The van der Waals surface area contributed by atoms with E-state index in [4.69, 9.17) is 0 Å². The first-order chi connectivity index (χ1) is 12.8. The van der Waals surface area contributed by atoms with Crippen LogP contribution in [0.25, 0.3) is 17.3 Å². The molecule has 1 heterocycles. The molecule has 1 aliphatic carbocycles. The van der Waals surface area contributed by atoms with Crippen molar-refractivity contribution in [3.8, 4) is 6.07 Å². The van der Waals surface area contributed by atoms with Crippen LogP contribution in [0.15, 0.2) is 54.6 Å². The van der Waals surface area contributed by atoms with Gasteiger partial charge in [0, 0.05) is 42.5 Å². The molecule has 0 radical (unpaired) electrons. The lowest BCUT2D eigenvalue weighted by Crippen LogP contribution is -2.28. The Hall–Kier alpha value is -2.83. The van der Waals surface area contributed by atoms with Crippen molar-refractivity contribution in [1.82, 2.24) is 9.80 Å². The predicted molar refractivity (Wildman–Crippen MR) is 107 cm³/mol. The molecule has 130 valence electrons. The van der Waals surface area contributed by atoms with Crippen molar-refractivity contribution in [2.45, 2.75) is 6.42 Å². The van der Waals surface area contributed by atoms with Gasteiger partial charge in [-0.2, -0.15) is 5.26 Å². The molecule has 2 aromatic rings. The standard InChI is InChI=1S/C23H23N3/c1-25-13-6-14-26(16-15-25)23-17-18-7-2-3-8-19(18)21(11-12-24)20-9-4-5-10-22(20)23/h2-5,7-11,17H,6,13-16H2,1H3/b21-11+. The van der Waals surface area contributed by atoms with Gasteiger partial charge in [-0.05, 0) is 42.8 Å². The molecule has 0 aromatic heterocycles. The summed E-state index contributed by atoms with van der Waals surface area (Å²) in [4.78, 5) is 4.91. The molecule has 1 saturated heterocycles. The normalized spacial score (nSPS) is 19.0. The van der Waals surface area contributed by atoms with Gasteiger partial charge in [-0.3, -0.25) is 0 Å². The van der Waals surface area contributed by atoms with Crippen LogP contribution < -0.4 is 0 Å². The fraction of sp³-hybridized carbons (Fsp3) is 0.261. The largest absolute Gasteiger partial charge is 0.370 e. The highest BCUT2D eigenvalue weighted by Crippen LogP contribution is 2.38. The Bertz CT molecular complexity index is 917. The van der Waals surface area contributed by atoms with Crippen molar-refractivity contribution in [2.24, 2.45) is 0 Å². The maximum absolute atomic E-state index is 9.38. The number of rotatable bonds is 1. The summed E-state index contributed by atoms with van der Waals surface area (Å²) in [5, 5.41) is 9.38. The molecule has 26 heavy (non-hydrogen) atoms. The fourth-order valence-electron chi connectivity index (χ4n) is 3.95. The maximum atomic E-state index is 9.38. The van der Waals surface area contributed by atoms with Crippen molar-refractivity contribution in [1.29, 1.82) is 5.26 Å². The molecule has 3 heteroatoms. The van der Waals surface area contributed by atoms with Gasteiger partial charge in [0.2, 0.25) is 0 Å². The first-order valence-electron chi connectivity index (χ1n) is 9.22. The van der Waals surface area contributed by atoms with Crippen LogP contribution in [-0.2, 0) is 0 Å². The van der Waals surface area contributed by atoms with Crippen molar-refractivity contribution in [2.75, 3.05) is 33.2 Å². The molecule has 2 aliphatic rings. The van der Waals surface area contributed by atoms with Crippen LogP contribution >= 0.6 is 0 Å². The molecule has 0 unspecified atom stereocenters. The van der Waals surface area contributed by atoms with Gasteiger partial charge < -0.3 is 9.80 Å². The molecule has 1 aliphatic heterocycles. The molecular weight excluding hydrogens is 318 g/mol. The summed E-state index contributed by atoms with van der Waals surface area (Å²) in [6, 6.07) is 19.1. The second-order valence-electron chi connectivity index (χ2n) is 6.99. The van der Waals surface area contributed by atoms with Gasteiger partial charge >= 0.3 is 0 Å². The minimum Gasteiger partial charge on any atom is -0.370 e. The Balaban J connectivity index is 1.91. The van der Waals surface area contributed by atoms with Crippen molar-refractivity contribution in [3.63, 3.8) is 0 Å². The summed E-state index contributed by atoms with van der Waals surface area (Å²) in [7, 11) is 2.20. The monoisotopic (exact) mass is 341 g/mol. The highest BCUT2D eigenvalue weighted by atomic mass is 15.2. The van der Waals surface area contributed by atoms with E-state index >= 15 is 0 Å². The lowest BCUT2D eigenvalue weighted by atomic mass is 9.93. The van der Waals surface area contributed by atoms with Crippen LogP contribution in [0.3, 0.4) is 0 Å². The number of nitrogens with zero attached hydrogens (tertiary/aromatic N) is 3. The first-order valence-corrected chi connectivity index (χ1v) is 9.22. The first kappa shape index (κ1) is 16.6. The van der Waals surface area contributed by atoms with Crippen LogP contribution in [0.4, 0.5) is 0 Å². The van der Waals surface area contributed by atoms with E-state index < -0.39 is 0 Å². The summed E-state index contributed by atoms with van der Waals surface area (Å²) < 4.78 is 0. The number of likely N-dealkylation sites (N-methyl/N-ethyl adjacent to an activating group) is 1. The molecule has 0 bridgehead atoms. The quantitative estimate of drug-likeness (QED) is 0.732. The molecule has 0 amide bonds. The third kappa shape index (κ3) is 3.05. The van der Waals surface area contributed by atoms with Crippen LogP contribution in [0.1, 0.15) is 28.7 Å². The molecular formula is C23H23N3. The highest BCUT2D eigenvalue weighted by Gasteiger charge is 2.23. The molecule has 3 nitrogen and oxygen atoms in total. The predicted octanol–water partition coefficient (Wildman–Crippen LogP) is 4.09. The van der Waals surface area contributed by atoms with E-state index in [-0.39, 0.29) is 0 Å². The summed E-state index contributed by atoms with van der Waals surface area (Å²) in [6.45, 7) is 4.30. The Morgan fingerprint density at radius 3 is 2.42 bits per heavy atom. The Morgan fingerprint density at radius 1 is 0.885 bits per heavy atom. The maximum Gasteiger partial charge on any atom is 0.0918 e. The smallest absolute Gasteiger partial charge is 0.0918 e. The second-order valence-corrected chi connectivity index (χ2v) is 6.99. The molecule has 0 spiro atoms. The van der Waals surface area contributed by atoms with Crippen molar-refractivity contribution >= 4 is 17.3 Å². The van der Waals surface area contributed by atoms with E-state index in [1.54, 1.807) is 6.08 Å². The number of hydrogen-bond acceptors (Lipinski definition) is 3. The third-order valence-electron chi connectivity index (χ3n) is 5.31. The molecule has 4 rings (SSSR count). The van der Waals surface area contributed by atoms with Crippen LogP contribution in [0.5, 0.6) is 0 Å². The zero-order chi connectivity index (χ0) is 17.9. The van der Waals surface area contributed by atoms with E-state index in [1.807, 2.05) is 6.07 Å². The number of hydrogen-bond donors (Lipinski definition) is 0. The highest BCUT2D eigenvalue weighted by molar-refractivity contribution is 5.98. The summed E-state index contributed by atoms with van der Waals surface area (Å²) in [5.74, 6) is 0. The lowest BCUT2D eigenvalue weighted by molar-refractivity contribution is 0.343. The second kappa shape index (κ2) is 7.19. The van der Waals surface area contributed by atoms with Crippen LogP contribution in [0, 0.1) is 11.3 Å². The molecule has 0 N–H and O–H groups in total. The molecule has 1 fully saturated rings. The van der Waals surface area contributed by atoms with E-state index in [0.29, 0.717) is 0 Å². The molecule has 0 saturated carbocycles. The zero-order valence-corrected chi connectivity index (χ0v) is 15.2. The van der Waals surface area contributed by atoms with Gasteiger partial charge in [-0.15, -0.1) is 0 Å². The summed E-state index contributed by atoms with van der Waals surface area (Å²) >= 11 is 0. The topological polar surface area (TPSA) is 30.3 Å². The van der Waals surface area contributed by atoms with E-state index in [9.17, 15) is 5.26 Å². The Morgan fingerprint density at radius 2 is 1.62 bits per heavy atom. The number of allylic oxidation sites excluding steroid dienone is 1. The minimum atomic E-state index is 1.01. The number of benzene rings is 2. The van der Waals surface area contributed by atoms with Gasteiger partial charge in [0.15, 0.2) is 0 Å². The average Bonchev–Trinajstić information content (AvgIpc) is 2.96. The lowest BCUT2D eigenvalue weighted by Gasteiger charge is -2.27. The van der Waals surface area contributed by atoms with Gasteiger partial charge in [0.1, 0.15) is 0 Å². The minimum absolute atomic E-state index is 1.01. The van der Waals surface area contributed by atoms with Crippen LogP contribution in [-0.4, -0.2) is 43.0 Å². The van der Waals surface area contributed by atoms with Crippen molar-refractivity contribution in [3.05, 3.63) is 76.9 Å². The molecule has 0 atom stereocenters. The average molecular weight is 341 g/mol. The zero-order valence-electron chi connectivity index (χ0n) is 15.2. The SMILES string of the molecule is CN1CCCN(C2=Cc3ccccc3/C(=C\C#N)c3ccccc32)CC1. The van der Waals surface area contributed by atoms with E-state index in [0.717, 1.165) is 42.9 Å². The Kier molecular flexibility index (Phi) is 4.60. The Labute approximate surface area is 155 Å². The fourth-order valence-corrected chi connectivity index (χ4v) is 3.95. The van der Waals surface area contributed by atoms with E-state index in [2.05, 4.69) is 71.5 Å². The molecule has 2 aromatic carbocycles.